The van der Waals surface area contributed by atoms with Gasteiger partial charge in [0.1, 0.15) is 17.3 Å². The number of alkyl halides is 1. The molecule has 1 N–H and O–H groups in total. The first-order chi connectivity index (χ1) is 13.3. The minimum Gasteiger partial charge on any atom is -0.390 e. The van der Waals surface area contributed by atoms with Crippen molar-refractivity contribution < 1.29 is 22.2 Å². The standard InChI is InChI=1S/C18H19F3N4O2S/c19-14-8-12(16-10-13(27-24-16)11-25-5-1-4-23-25)9-15(20)17(14)18(21)2-6-28(22,26)7-3-18/h1,4-5,8-9,13,22H,2-3,6-7,10-11H2/t13-,18?,28?/m1/s1. The number of rotatable bonds is 4. The molecule has 28 heavy (non-hydrogen) atoms. The van der Waals surface area contributed by atoms with Crippen molar-refractivity contribution in [1.82, 2.24) is 9.78 Å². The molecule has 2 aromatic rings. The van der Waals surface area contributed by atoms with E-state index in [1.54, 1.807) is 23.1 Å². The van der Waals surface area contributed by atoms with E-state index < -0.39 is 32.6 Å². The molecule has 1 aromatic heterocycles. The van der Waals surface area contributed by atoms with Crippen molar-refractivity contribution in [1.29, 1.82) is 4.78 Å². The first-order valence-corrected chi connectivity index (χ1v) is 10.8. The van der Waals surface area contributed by atoms with Crippen molar-refractivity contribution in [3.63, 3.8) is 0 Å². The fourth-order valence-corrected chi connectivity index (χ4v) is 5.12. The molecule has 2 aliphatic heterocycles. The molecule has 0 spiro atoms. The molecule has 150 valence electrons. The molecule has 1 atom stereocenters. The summed E-state index contributed by atoms with van der Waals surface area (Å²) in [5.41, 5.74) is -2.33. The van der Waals surface area contributed by atoms with Crippen LogP contribution in [0.3, 0.4) is 0 Å². The number of hydrogen-bond acceptors (Lipinski definition) is 5. The molecule has 10 heteroatoms. The normalized spacial score (nSPS) is 30.1. The Balaban J connectivity index is 1.53. The zero-order valence-electron chi connectivity index (χ0n) is 14.9. The predicted octanol–water partition coefficient (Wildman–Crippen LogP) is 3.36. The molecule has 1 fully saturated rings. The van der Waals surface area contributed by atoms with Crippen molar-refractivity contribution >= 4 is 15.4 Å². The van der Waals surface area contributed by atoms with E-state index in [9.17, 15) is 13.0 Å². The third kappa shape index (κ3) is 3.65. The van der Waals surface area contributed by atoms with Gasteiger partial charge < -0.3 is 4.84 Å². The van der Waals surface area contributed by atoms with Crippen molar-refractivity contribution in [2.24, 2.45) is 5.16 Å². The summed E-state index contributed by atoms with van der Waals surface area (Å²) in [6.07, 6.45) is 2.78. The average molecular weight is 412 g/mol. The molecule has 0 unspecified atom stereocenters. The van der Waals surface area contributed by atoms with E-state index in [0.29, 0.717) is 18.7 Å². The van der Waals surface area contributed by atoms with Crippen LogP contribution in [0.5, 0.6) is 0 Å². The lowest BCUT2D eigenvalue weighted by molar-refractivity contribution is 0.0698. The molecule has 0 radical (unpaired) electrons. The summed E-state index contributed by atoms with van der Waals surface area (Å²) >= 11 is 0. The Morgan fingerprint density at radius 3 is 2.57 bits per heavy atom. The van der Waals surface area contributed by atoms with Gasteiger partial charge in [-0.3, -0.25) is 9.46 Å². The minimum absolute atomic E-state index is 0.199. The molecule has 0 bridgehead atoms. The first-order valence-electron chi connectivity index (χ1n) is 8.89. The van der Waals surface area contributed by atoms with Gasteiger partial charge in [-0.2, -0.15) is 5.10 Å². The quantitative estimate of drug-likeness (QED) is 0.836. The van der Waals surface area contributed by atoms with Crippen molar-refractivity contribution in [2.45, 2.75) is 37.6 Å². The van der Waals surface area contributed by atoms with Crippen LogP contribution < -0.4 is 0 Å². The van der Waals surface area contributed by atoms with Gasteiger partial charge in [-0.15, -0.1) is 0 Å². The molecule has 0 amide bonds. The van der Waals surface area contributed by atoms with Crippen LogP contribution in [0.4, 0.5) is 13.2 Å². The average Bonchev–Trinajstić information content (AvgIpc) is 3.30. The second kappa shape index (κ2) is 6.91. The van der Waals surface area contributed by atoms with E-state index in [-0.39, 0.29) is 36.0 Å². The highest BCUT2D eigenvalue weighted by molar-refractivity contribution is 7.92. The first kappa shape index (κ1) is 19.0. The Hall–Kier alpha value is -2.36. The number of nitrogens with zero attached hydrogens (tertiary/aromatic N) is 3. The maximum atomic E-state index is 15.2. The second-order valence-corrected chi connectivity index (χ2v) is 9.64. The fraction of sp³-hybridized carbons (Fsp3) is 0.444. The molecular weight excluding hydrogens is 393 g/mol. The Kier molecular flexibility index (Phi) is 4.68. The smallest absolute Gasteiger partial charge is 0.152 e. The van der Waals surface area contributed by atoms with Crippen LogP contribution in [0, 0.1) is 16.4 Å². The van der Waals surface area contributed by atoms with Gasteiger partial charge in [0, 0.05) is 45.6 Å². The Morgan fingerprint density at radius 1 is 1.29 bits per heavy atom. The van der Waals surface area contributed by atoms with E-state index in [4.69, 9.17) is 9.62 Å². The van der Waals surface area contributed by atoms with Gasteiger partial charge in [0.25, 0.3) is 0 Å². The SMILES string of the molecule is N=S1(=O)CCC(F)(c2c(F)cc(C3=NO[C@@H](Cn4cccn4)C3)cc2F)CC1. The Morgan fingerprint density at radius 2 is 1.96 bits per heavy atom. The molecule has 1 aromatic carbocycles. The molecule has 0 saturated carbocycles. The fourth-order valence-electron chi connectivity index (χ4n) is 3.61. The van der Waals surface area contributed by atoms with Gasteiger partial charge >= 0.3 is 0 Å². The van der Waals surface area contributed by atoms with E-state index >= 15 is 4.39 Å². The second-order valence-electron chi connectivity index (χ2n) is 7.20. The van der Waals surface area contributed by atoms with Gasteiger partial charge in [-0.05, 0) is 31.0 Å². The third-order valence-corrected chi connectivity index (χ3v) is 6.89. The molecule has 3 heterocycles. The molecule has 4 rings (SSSR count). The van der Waals surface area contributed by atoms with E-state index in [0.717, 1.165) is 12.1 Å². The highest BCUT2D eigenvalue weighted by Crippen LogP contribution is 2.41. The summed E-state index contributed by atoms with van der Waals surface area (Å²) in [7, 11) is -2.86. The monoisotopic (exact) mass is 412 g/mol. The maximum absolute atomic E-state index is 15.2. The third-order valence-electron chi connectivity index (χ3n) is 5.16. The van der Waals surface area contributed by atoms with Crippen molar-refractivity contribution in [3.05, 3.63) is 53.4 Å². The van der Waals surface area contributed by atoms with Gasteiger partial charge in [0.05, 0.1) is 17.8 Å². The van der Waals surface area contributed by atoms with Crippen LogP contribution in [0.25, 0.3) is 0 Å². The summed E-state index contributed by atoms with van der Waals surface area (Å²) in [5, 5.41) is 7.99. The molecule has 2 aliphatic rings. The summed E-state index contributed by atoms with van der Waals surface area (Å²) in [4.78, 5) is 5.32. The van der Waals surface area contributed by atoms with Crippen LogP contribution >= 0.6 is 0 Å². The predicted molar refractivity (Wildman–Crippen MR) is 97.2 cm³/mol. The van der Waals surface area contributed by atoms with Crippen LogP contribution in [0.1, 0.15) is 30.4 Å². The lowest BCUT2D eigenvalue weighted by atomic mass is 9.87. The van der Waals surface area contributed by atoms with Gasteiger partial charge in [-0.25, -0.2) is 17.4 Å². The zero-order valence-corrected chi connectivity index (χ0v) is 15.7. The number of aromatic nitrogens is 2. The summed E-state index contributed by atoms with van der Waals surface area (Å²) in [6.45, 7) is 0.447. The number of hydrogen-bond donors (Lipinski definition) is 1. The van der Waals surface area contributed by atoms with E-state index in [1.165, 1.54) is 0 Å². The van der Waals surface area contributed by atoms with Crippen LogP contribution in [-0.2, 0) is 26.8 Å². The summed E-state index contributed by atoms with van der Waals surface area (Å²) < 4.78 is 65.5. The van der Waals surface area contributed by atoms with E-state index in [1.807, 2.05) is 0 Å². The van der Waals surface area contributed by atoms with Crippen LogP contribution in [0.15, 0.2) is 35.7 Å². The molecular formula is C18H19F3N4O2S. The van der Waals surface area contributed by atoms with Crippen molar-refractivity contribution in [2.75, 3.05) is 11.5 Å². The molecule has 6 nitrogen and oxygen atoms in total. The number of nitrogens with one attached hydrogen (secondary N) is 1. The van der Waals surface area contributed by atoms with Crippen LogP contribution in [-0.4, -0.2) is 37.3 Å². The largest absolute Gasteiger partial charge is 0.390 e. The van der Waals surface area contributed by atoms with Gasteiger partial charge in [0.2, 0.25) is 0 Å². The van der Waals surface area contributed by atoms with Crippen molar-refractivity contribution in [3.8, 4) is 0 Å². The lowest BCUT2D eigenvalue weighted by Crippen LogP contribution is -2.34. The number of halogens is 3. The number of oxime groups is 1. The van der Waals surface area contributed by atoms with E-state index in [2.05, 4.69) is 10.3 Å². The Bertz CT molecular complexity index is 984. The lowest BCUT2D eigenvalue weighted by Gasteiger charge is -2.31. The number of benzene rings is 1. The summed E-state index contributed by atoms with van der Waals surface area (Å²) in [5.74, 6) is -2.43. The highest BCUT2D eigenvalue weighted by atomic mass is 32.2. The maximum Gasteiger partial charge on any atom is 0.152 e. The van der Waals surface area contributed by atoms with Gasteiger partial charge in [-0.1, -0.05) is 5.16 Å². The Labute approximate surface area is 160 Å². The minimum atomic E-state index is -2.86. The van der Waals surface area contributed by atoms with Gasteiger partial charge in [0.15, 0.2) is 6.10 Å². The molecule has 0 aliphatic carbocycles. The highest BCUT2D eigenvalue weighted by Gasteiger charge is 2.42. The molecule has 1 saturated heterocycles. The van der Waals surface area contributed by atoms with Crippen LogP contribution in [0.2, 0.25) is 0 Å². The topological polar surface area (TPSA) is 80.3 Å². The summed E-state index contributed by atoms with van der Waals surface area (Å²) in [6, 6.07) is 3.90. The zero-order chi connectivity index (χ0) is 19.9.